The maximum absolute atomic E-state index is 5.32. The van der Waals surface area contributed by atoms with Crippen LogP contribution in [-0.2, 0) is 12.8 Å². The van der Waals surface area contributed by atoms with Crippen LogP contribution < -0.4 is 0 Å². The molecule has 3 aromatic rings. The lowest BCUT2D eigenvalue weighted by Crippen LogP contribution is -1.89. The number of hydrogen-bond acceptors (Lipinski definition) is 6. The summed E-state index contributed by atoms with van der Waals surface area (Å²) in [6.45, 7) is 0. The summed E-state index contributed by atoms with van der Waals surface area (Å²) in [5, 5.41) is 11.7. The number of aromatic nitrogens is 4. The second-order valence-corrected chi connectivity index (χ2v) is 5.43. The molecule has 3 rings (SSSR count). The Labute approximate surface area is 112 Å². The molecule has 0 spiro atoms. The highest BCUT2D eigenvalue weighted by Gasteiger charge is 2.08. The minimum atomic E-state index is 0.781. The van der Waals surface area contributed by atoms with E-state index in [2.05, 4.69) is 15.2 Å². The van der Waals surface area contributed by atoms with Gasteiger partial charge in [-0.05, 0) is 12.1 Å². The molecule has 0 fully saturated rings. The highest BCUT2D eigenvalue weighted by Crippen LogP contribution is 2.27. The Kier molecular flexibility index (Phi) is 3.16. The molecule has 0 atom stereocenters. The van der Waals surface area contributed by atoms with Crippen LogP contribution in [0, 0.1) is 0 Å². The lowest BCUT2D eigenvalue weighted by atomic mass is 10.5. The van der Waals surface area contributed by atoms with E-state index in [0.29, 0.717) is 0 Å². The Hall–Kier alpha value is -1.60. The summed E-state index contributed by atoms with van der Waals surface area (Å²) >= 11 is 3.21. The Morgan fingerprint density at radius 3 is 3.17 bits per heavy atom. The van der Waals surface area contributed by atoms with Gasteiger partial charge in [-0.15, -0.1) is 21.5 Å². The van der Waals surface area contributed by atoms with E-state index in [-0.39, 0.29) is 0 Å². The van der Waals surface area contributed by atoms with Crippen LogP contribution in [0.2, 0.25) is 0 Å². The molecule has 7 heteroatoms. The standard InChI is InChI=1S/C11H10N4OS2/c1-15-7-12-14-11(15)18-6-8-5-17-10(13-8)9-3-2-4-16-9/h2-5,7H,6H2,1H3. The minimum absolute atomic E-state index is 0.781. The van der Waals surface area contributed by atoms with Gasteiger partial charge < -0.3 is 8.98 Å². The van der Waals surface area contributed by atoms with E-state index in [9.17, 15) is 0 Å². The van der Waals surface area contributed by atoms with Crippen molar-refractivity contribution >= 4 is 23.1 Å². The molecule has 0 amide bonds. The number of aryl methyl sites for hydroxylation is 1. The first kappa shape index (κ1) is 11.5. The van der Waals surface area contributed by atoms with E-state index in [1.165, 1.54) is 0 Å². The normalized spacial score (nSPS) is 10.9. The maximum Gasteiger partial charge on any atom is 0.191 e. The van der Waals surface area contributed by atoms with Gasteiger partial charge in [0.15, 0.2) is 15.9 Å². The van der Waals surface area contributed by atoms with Crippen LogP contribution in [-0.4, -0.2) is 19.7 Å². The number of furan rings is 1. The van der Waals surface area contributed by atoms with Gasteiger partial charge in [-0.1, -0.05) is 11.8 Å². The Morgan fingerprint density at radius 2 is 2.44 bits per heavy atom. The summed E-state index contributed by atoms with van der Waals surface area (Å²) in [6, 6.07) is 3.78. The zero-order valence-corrected chi connectivity index (χ0v) is 11.2. The van der Waals surface area contributed by atoms with Crippen molar-refractivity contribution in [3.63, 3.8) is 0 Å². The Balaban J connectivity index is 1.69. The van der Waals surface area contributed by atoms with Gasteiger partial charge in [0.2, 0.25) is 0 Å². The lowest BCUT2D eigenvalue weighted by Gasteiger charge is -1.97. The molecule has 0 bridgehead atoms. The molecule has 0 saturated carbocycles. The van der Waals surface area contributed by atoms with Gasteiger partial charge in [-0.25, -0.2) is 4.98 Å². The van der Waals surface area contributed by atoms with Gasteiger partial charge in [0, 0.05) is 18.2 Å². The van der Waals surface area contributed by atoms with E-state index in [4.69, 9.17) is 4.42 Å². The molecule has 0 aliphatic heterocycles. The quantitative estimate of drug-likeness (QED) is 0.687. The second kappa shape index (κ2) is 4.95. The van der Waals surface area contributed by atoms with Crippen molar-refractivity contribution in [3.05, 3.63) is 35.8 Å². The molecule has 92 valence electrons. The van der Waals surface area contributed by atoms with E-state index in [1.54, 1.807) is 35.7 Å². The first-order valence-corrected chi connectivity index (χ1v) is 7.14. The first-order chi connectivity index (χ1) is 8.83. The van der Waals surface area contributed by atoms with Gasteiger partial charge in [-0.2, -0.15) is 0 Å². The zero-order chi connectivity index (χ0) is 12.4. The highest BCUT2D eigenvalue weighted by atomic mass is 32.2. The van der Waals surface area contributed by atoms with Gasteiger partial charge in [0.25, 0.3) is 0 Å². The van der Waals surface area contributed by atoms with Gasteiger partial charge in [0.1, 0.15) is 6.33 Å². The summed E-state index contributed by atoms with van der Waals surface area (Å²) in [4.78, 5) is 4.53. The number of hydrogen-bond donors (Lipinski definition) is 0. The van der Waals surface area contributed by atoms with Crippen molar-refractivity contribution in [3.8, 4) is 10.8 Å². The molecular weight excluding hydrogens is 268 g/mol. The van der Waals surface area contributed by atoms with Crippen LogP contribution in [0.1, 0.15) is 5.69 Å². The smallest absolute Gasteiger partial charge is 0.191 e. The highest BCUT2D eigenvalue weighted by molar-refractivity contribution is 7.98. The van der Waals surface area contributed by atoms with Crippen molar-refractivity contribution in [1.82, 2.24) is 19.7 Å². The molecule has 0 N–H and O–H groups in total. The van der Waals surface area contributed by atoms with Crippen LogP contribution in [0.5, 0.6) is 0 Å². The monoisotopic (exact) mass is 278 g/mol. The third-order valence-electron chi connectivity index (χ3n) is 2.30. The fourth-order valence-corrected chi connectivity index (χ4v) is 3.10. The maximum atomic E-state index is 5.32. The molecule has 18 heavy (non-hydrogen) atoms. The largest absolute Gasteiger partial charge is 0.462 e. The topological polar surface area (TPSA) is 56.7 Å². The van der Waals surface area contributed by atoms with E-state index in [0.717, 1.165) is 27.4 Å². The average molecular weight is 278 g/mol. The fourth-order valence-electron chi connectivity index (χ4n) is 1.43. The van der Waals surface area contributed by atoms with Crippen molar-refractivity contribution in [2.45, 2.75) is 10.9 Å². The summed E-state index contributed by atoms with van der Waals surface area (Å²) in [5.74, 6) is 1.60. The van der Waals surface area contributed by atoms with E-state index < -0.39 is 0 Å². The molecule has 0 aliphatic rings. The van der Waals surface area contributed by atoms with Crippen molar-refractivity contribution < 1.29 is 4.42 Å². The number of rotatable bonds is 4. The summed E-state index contributed by atoms with van der Waals surface area (Å²) in [7, 11) is 1.93. The van der Waals surface area contributed by atoms with Crippen LogP contribution in [0.3, 0.4) is 0 Å². The Morgan fingerprint density at radius 1 is 1.50 bits per heavy atom. The molecule has 0 aliphatic carbocycles. The minimum Gasteiger partial charge on any atom is -0.462 e. The van der Waals surface area contributed by atoms with Crippen molar-refractivity contribution in [2.24, 2.45) is 7.05 Å². The average Bonchev–Trinajstić information content (AvgIpc) is 3.08. The first-order valence-electron chi connectivity index (χ1n) is 5.28. The molecule has 3 aromatic heterocycles. The van der Waals surface area contributed by atoms with E-state index in [1.807, 2.05) is 29.1 Å². The molecule has 0 unspecified atom stereocenters. The van der Waals surface area contributed by atoms with Gasteiger partial charge in [-0.3, -0.25) is 0 Å². The third kappa shape index (κ3) is 2.32. The predicted molar refractivity (Wildman–Crippen MR) is 70.4 cm³/mol. The summed E-state index contributed by atoms with van der Waals surface area (Å²) in [5.41, 5.74) is 1.03. The number of thioether (sulfide) groups is 1. The predicted octanol–water partition coefficient (Wildman–Crippen LogP) is 2.82. The van der Waals surface area contributed by atoms with Crippen molar-refractivity contribution in [1.29, 1.82) is 0 Å². The zero-order valence-electron chi connectivity index (χ0n) is 9.61. The van der Waals surface area contributed by atoms with Gasteiger partial charge >= 0.3 is 0 Å². The van der Waals surface area contributed by atoms with Crippen molar-refractivity contribution in [2.75, 3.05) is 0 Å². The van der Waals surface area contributed by atoms with Crippen LogP contribution in [0.4, 0.5) is 0 Å². The lowest BCUT2D eigenvalue weighted by molar-refractivity contribution is 0.581. The third-order valence-corrected chi connectivity index (χ3v) is 4.28. The Bertz CT molecular complexity index is 629. The number of nitrogens with zero attached hydrogens (tertiary/aromatic N) is 4. The molecule has 0 saturated heterocycles. The fraction of sp³-hybridized carbons (Fsp3) is 0.182. The number of thiazole rings is 1. The molecule has 0 aromatic carbocycles. The molecule has 0 radical (unpaired) electrons. The van der Waals surface area contributed by atoms with Crippen LogP contribution >= 0.6 is 23.1 Å². The summed E-state index contributed by atoms with van der Waals surface area (Å²) in [6.07, 6.45) is 3.35. The molecular formula is C11H10N4OS2. The SMILES string of the molecule is Cn1cnnc1SCc1csc(-c2ccco2)n1. The van der Waals surface area contributed by atoms with Gasteiger partial charge in [0.05, 0.1) is 12.0 Å². The van der Waals surface area contributed by atoms with Crippen LogP contribution in [0.25, 0.3) is 10.8 Å². The summed E-state index contributed by atoms with van der Waals surface area (Å²) < 4.78 is 7.21. The second-order valence-electron chi connectivity index (χ2n) is 3.63. The molecule has 3 heterocycles. The van der Waals surface area contributed by atoms with Crippen LogP contribution in [0.15, 0.2) is 39.7 Å². The molecule has 5 nitrogen and oxygen atoms in total. The van der Waals surface area contributed by atoms with E-state index >= 15 is 0 Å².